The molecule has 0 aromatic carbocycles. The van der Waals surface area contributed by atoms with Gasteiger partial charge in [-0.15, -0.1) is 12.4 Å². The van der Waals surface area contributed by atoms with Crippen molar-refractivity contribution in [2.45, 2.75) is 13.0 Å². The van der Waals surface area contributed by atoms with E-state index in [1.165, 1.54) is 0 Å². The molecule has 3 N–H and O–H groups in total. The van der Waals surface area contributed by atoms with Gasteiger partial charge in [-0.1, -0.05) is 5.16 Å². The van der Waals surface area contributed by atoms with Crippen molar-refractivity contribution >= 4 is 28.3 Å². The van der Waals surface area contributed by atoms with Crippen LogP contribution >= 0.6 is 28.3 Å². The van der Waals surface area contributed by atoms with Gasteiger partial charge in [0.25, 0.3) is 5.89 Å². The van der Waals surface area contributed by atoms with Crippen LogP contribution < -0.4 is 5.73 Å². The van der Waals surface area contributed by atoms with Gasteiger partial charge in [-0.25, -0.2) is 0 Å². The van der Waals surface area contributed by atoms with Crippen molar-refractivity contribution in [3.8, 4) is 11.5 Å². The summed E-state index contributed by atoms with van der Waals surface area (Å²) in [5, 5.41) is 3.76. The molecular formula is C8H10BrClN4O. The van der Waals surface area contributed by atoms with E-state index in [2.05, 4.69) is 31.1 Å². The minimum atomic E-state index is -0.213. The van der Waals surface area contributed by atoms with E-state index in [4.69, 9.17) is 10.3 Å². The highest BCUT2D eigenvalue weighted by Crippen LogP contribution is 2.21. The number of nitrogens with one attached hydrogen (secondary N) is 1. The fraction of sp³-hybridized carbons (Fsp3) is 0.250. The Labute approximate surface area is 101 Å². The lowest BCUT2D eigenvalue weighted by atomic mass is 10.3. The van der Waals surface area contributed by atoms with E-state index in [9.17, 15) is 0 Å². The first kappa shape index (κ1) is 12.2. The number of aromatic nitrogens is 3. The quantitative estimate of drug-likeness (QED) is 0.890. The maximum absolute atomic E-state index is 5.61. The lowest BCUT2D eigenvalue weighted by Crippen LogP contribution is -2.06. The average Bonchev–Trinajstić information content (AvgIpc) is 2.70. The summed E-state index contributed by atoms with van der Waals surface area (Å²) < 4.78 is 5.91. The third kappa shape index (κ3) is 2.58. The zero-order valence-electron chi connectivity index (χ0n) is 7.90. The largest absolute Gasteiger partial charge is 0.355 e. The fourth-order valence-electron chi connectivity index (χ4n) is 1.03. The molecule has 0 aliphatic carbocycles. The average molecular weight is 294 g/mol. The van der Waals surface area contributed by atoms with Crippen LogP contribution in [0, 0.1) is 0 Å². The van der Waals surface area contributed by atoms with Crippen LogP contribution in [0.15, 0.2) is 21.4 Å². The van der Waals surface area contributed by atoms with Crippen LogP contribution in [0.25, 0.3) is 11.5 Å². The van der Waals surface area contributed by atoms with Crippen molar-refractivity contribution < 1.29 is 4.52 Å². The standard InChI is InChI=1S/C8H9BrN4O.ClH/c1-4(10)7-12-8(14-13-7)5-2-6(9)11-3-5;/h2-4,11H,10H2,1H3;1H. The molecule has 0 saturated carbocycles. The first-order valence-corrected chi connectivity index (χ1v) is 4.89. The number of hydrogen-bond acceptors (Lipinski definition) is 4. The summed E-state index contributed by atoms with van der Waals surface area (Å²) in [6.45, 7) is 1.81. The molecule has 0 saturated heterocycles. The molecule has 0 fully saturated rings. The smallest absolute Gasteiger partial charge is 0.259 e. The Kier molecular flexibility index (Phi) is 3.90. The molecule has 0 bridgehead atoms. The monoisotopic (exact) mass is 292 g/mol. The summed E-state index contributed by atoms with van der Waals surface area (Å²) in [5.41, 5.74) is 6.45. The van der Waals surface area contributed by atoms with Crippen LogP contribution in [-0.2, 0) is 0 Å². The second kappa shape index (κ2) is 4.78. The van der Waals surface area contributed by atoms with Crippen molar-refractivity contribution in [3.05, 3.63) is 22.7 Å². The normalized spacial score (nSPS) is 12.2. The Morgan fingerprint density at radius 1 is 1.60 bits per heavy atom. The molecule has 0 amide bonds. The number of nitrogens with two attached hydrogens (primary N) is 1. The summed E-state index contributed by atoms with van der Waals surface area (Å²) >= 11 is 3.30. The van der Waals surface area contributed by atoms with E-state index in [1.807, 2.05) is 13.0 Å². The highest BCUT2D eigenvalue weighted by Gasteiger charge is 2.12. The van der Waals surface area contributed by atoms with Gasteiger partial charge in [-0.2, -0.15) is 4.98 Å². The number of rotatable bonds is 2. The van der Waals surface area contributed by atoms with Crippen molar-refractivity contribution in [3.63, 3.8) is 0 Å². The van der Waals surface area contributed by atoms with Gasteiger partial charge in [0.1, 0.15) is 0 Å². The van der Waals surface area contributed by atoms with Crippen LogP contribution in [0.5, 0.6) is 0 Å². The molecule has 7 heteroatoms. The van der Waals surface area contributed by atoms with E-state index >= 15 is 0 Å². The van der Waals surface area contributed by atoms with E-state index in [0.717, 1.165) is 10.2 Å². The lowest BCUT2D eigenvalue weighted by molar-refractivity contribution is 0.418. The Morgan fingerprint density at radius 3 is 2.80 bits per heavy atom. The molecule has 15 heavy (non-hydrogen) atoms. The fourth-order valence-corrected chi connectivity index (χ4v) is 1.39. The molecule has 2 rings (SSSR count). The van der Waals surface area contributed by atoms with E-state index in [1.54, 1.807) is 6.20 Å². The number of aromatic amines is 1. The SMILES string of the molecule is CC(N)c1noc(-c2c[nH]c(Br)c2)n1.Cl. The maximum atomic E-state index is 5.61. The number of halogens is 2. The van der Waals surface area contributed by atoms with Crippen LogP contribution in [-0.4, -0.2) is 15.1 Å². The molecule has 0 radical (unpaired) electrons. The van der Waals surface area contributed by atoms with Crippen LogP contribution in [0.4, 0.5) is 0 Å². The molecular weight excluding hydrogens is 283 g/mol. The summed E-state index contributed by atoms with van der Waals surface area (Å²) in [6.07, 6.45) is 1.78. The minimum absolute atomic E-state index is 0. The number of H-pyrrole nitrogens is 1. The molecule has 0 spiro atoms. The summed E-state index contributed by atoms with van der Waals surface area (Å²) in [6, 6.07) is 1.65. The Morgan fingerprint density at radius 2 is 2.33 bits per heavy atom. The third-order valence-electron chi connectivity index (χ3n) is 1.74. The first-order chi connectivity index (χ1) is 6.66. The number of nitrogens with zero attached hydrogens (tertiary/aromatic N) is 2. The van der Waals surface area contributed by atoms with Crippen molar-refractivity contribution in [2.75, 3.05) is 0 Å². The first-order valence-electron chi connectivity index (χ1n) is 4.10. The Bertz CT molecular complexity index is 439. The molecule has 82 valence electrons. The summed E-state index contributed by atoms with van der Waals surface area (Å²) in [4.78, 5) is 7.11. The predicted molar refractivity (Wildman–Crippen MR) is 61.6 cm³/mol. The molecule has 0 aliphatic heterocycles. The Hall–Kier alpha value is -0.850. The maximum Gasteiger partial charge on any atom is 0.259 e. The highest BCUT2D eigenvalue weighted by molar-refractivity contribution is 9.10. The van der Waals surface area contributed by atoms with Gasteiger partial charge in [0.2, 0.25) is 0 Å². The van der Waals surface area contributed by atoms with Gasteiger partial charge in [-0.05, 0) is 28.9 Å². The molecule has 2 aromatic rings. The topological polar surface area (TPSA) is 80.7 Å². The molecule has 2 aromatic heterocycles. The van der Waals surface area contributed by atoms with Gasteiger partial charge < -0.3 is 15.2 Å². The van der Waals surface area contributed by atoms with Crippen molar-refractivity contribution in [1.82, 2.24) is 15.1 Å². The second-order valence-electron chi connectivity index (χ2n) is 2.98. The zero-order valence-corrected chi connectivity index (χ0v) is 10.3. The van der Waals surface area contributed by atoms with E-state index in [-0.39, 0.29) is 18.4 Å². The molecule has 5 nitrogen and oxygen atoms in total. The van der Waals surface area contributed by atoms with Crippen molar-refractivity contribution in [1.29, 1.82) is 0 Å². The van der Waals surface area contributed by atoms with Gasteiger partial charge in [0.15, 0.2) is 5.82 Å². The number of hydrogen-bond donors (Lipinski definition) is 2. The summed E-state index contributed by atoms with van der Waals surface area (Å²) in [7, 11) is 0. The van der Waals surface area contributed by atoms with Gasteiger partial charge in [-0.3, -0.25) is 0 Å². The highest BCUT2D eigenvalue weighted by atomic mass is 79.9. The molecule has 0 aliphatic rings. The molecule has 1 unspecified atom stereocenters. The zero-order chi connectivity index (χ0) is 10.1. The van der Waals surface area contributed by atoms with Gasteiger partial charge >= 0.3 is 0 Å². The third-order valence-corrected chi connectivity index (χ3v) is 2.20. The van der Waals surface area contributed by atoms with Gasteiger partial charge in [0, 0.05) is 6.20 Å². The predicted octanol–water partition coefficient (Wildman–Crippen LogP) is 2.27. The Balaban J connectivity index is 0.00000112. The van der Waals surface area contributed by atoms with E-state index < -0.39 is 0 Å². The molecule has 1 atom stereocenters. The van der Waals surface area contributed by atoms with E-state index in [0.29, 0.717) is 11.7 Å². The molecule has 2 heterocycles. The van der Waals surface area contributed by atoms with Crippen LogP contribution in [0.3, 0.4) is 0 Å². The van der Waals surface area contributed by atoms with Crippen LogP contribution in [0.1, 0.15) is 18.8 Å². The van der Waals surface area contributed by atoms with Gasteiger partial charge in [0.05, 0.1) is 16.2 Å². The minimum Gasteiger partial charge on any atom is -0.355 e. The van der Waals surface area contributed by atoms with Crippen LogP contribution in [0.2, 0.25) is 0 Å². The summed E-state index contributed by atoms with van der Waals surface area (Å²) in [5.74, 6) is 0.983. The second-order valence-corrected chi connectivity index (χ2v) is 3.84. The lowest BCUT2D eigenvalue weighted by Gasteiger charge is -1.92. The van der Waals surface area contributed by atoms with Crippen molar-refractivity contribution in [2.24, 2.45) is 5.73 Å².